The lowest BCUT2D eigenvalue weighted by molar-refractivity contribution is -0.157. The van der Waals surface area contributed by atoms with Crippen LogP contribution in [0, 0.1) is 5.41 Å². The summed E-state index contributed by atoms with van der Waals surface area (Å²) >= 11 is 1.08. The van der Waals surface area contributed by atoms with Crippen LogP contribution in [0.25, 0.3) is 0 Å². The molecular formula is C20H37N3O9SSi. The lowest BCUT2D eigenvalue weighted by Gasteiger charge is -2.27. The highest BCUT2D eigenvalue weighted by Gasteiger charge is 2.26. The van der Waals surface area contributed by atoms with Crippen molar-refractivity contribution in [1.29, 1.82) is 0 Å². The summed E-state index contributed by atoms with van der Waals surface area (Å²) < 4.78 is 35.9. The third-order valence-electron chi connectivity index (χ3n) is 4.85. The van der Waals surface area contributed by atoms with E-state index in [1.54, 1.807) is 0 Å². The summed E-state index contributed by atoms with van der Waals surface area (Å²) in [4.78, 5) is 41.1. The van der Waals surface area contributed by atoms with Gasteiger partial charge in [-0.2, -0.15) is 4.37 Å². The van der Waals surface area contributed by atoms with Crippen molar-refractivity contribution in [2.24, 2.45) is 5.41 Å². The average Bonchev–Trinajstić information content (AvgIpc) is 3.23. The van der Waals surface area contributed by atoms with Crippen LogP contribution in [-0.2, 0) is 23.7 Å². The molecule has 0 bridgehead atoms. The van der Waals surface area contributed by atoms with Crippen molar-refractivity contribution in [2.45, 2.75) is 45.8 Å². The summed E-state index contributed by atoms with van der Waals surface area (Å²) in [6.45, 7) is 9.22. The molecule has 12 nitrogen and oxygen atoms in total. The van der Waals surface area contributed by atoms with E-state index in [1.165, 1.54) is 0 Å². The van der Waals surface area contributed by atoms with E-state index >= 15 is 0 Å². The van der Waals surface area contributed by atoms with Crippen LogP contribution in [-0.4, -0.2) is 103 Å². The number of hydrogen-bond acceptors (Lipinski definition) is 13. The first kappa shape index (κ1) is 28.8. The van der Waals surface area contributed by atoms with Gasteiger partial charge in [0.15, 0.2) is 0 Å². The lowest BCUT2D eigenvalue weighted by atomic mass is 9.89. The normalized spacial score (nSPS) is 15.9. The number of carbonyl (C=O) groups is 1. The Hall–Kier alpha value is -1.39. The average molecular weight is 524 g/mol. The fraction of sp³-hybridized carbons (Fsp3) is 0.850. The first-order chi connectivity index (χ1) is 16.0. The number of rotatable bonds is 15. The lowest BCUT2D eigenvalue weighted by Crippen LogP contribution is -2.37. The van der Waals surface area contributed by atoms with Gasteiger partial charge < -0.3 is 43.0 Å². The second-order valence-electron chi connectivity index (χ2n) is 9.20. The van der Waals surface area contributed by atoms with Crippen molar-refractivity contribution >= 4 is 32.3 Å². The molecule has 0 aliphatic carbocycles. The van der Waals surface area contributed by atoms with Crippen molar-refractivity contribution in [1.82, 2.24) is 8.75 Å². The smallest absolute Gasteiger partial charge is 0.470 e. The van der Waals surface area contributed by atoms with Gasteiger partial charge in [0.25, 0.3) is 5.88 Å². The first-order valence-corrected chi connectivity index (χ1v) is 14.1. The maximum atomic E-state index is 12.3. The topological polar surface area (TPSA) is 153 Å². The zero-order valence-corrected chi connectivity index (χ0v) is 21.9. The SMILES string of the molecule is CC(C)(C)CC[C@@H](COc1nsnc1N1CCOCC1)OC(=O)COCCOCC[Si](O)(O)O. The molecule has 196 valence electrons. The van der Waals surface area contributed by atoms with Crippen molar-refractivity contribution < 1.29 is 42.9 Å². The molecule has 2 heterocycles. The molecule has 2 rings (SSSR count). The molecule has 1 aromatic rings. The summed E-state index contributed by atoms with van der Waals surface area (Å²) in [5.74, 6) is 0.596. The second-order valence-corrected chi connectivity index (χ2v) is 11.8. The van der Waals surface area contributed by atoms with E-state index in [0.717, 1.165) is 18.1 Å². The fourth-order valence-electron chi connectivity index (χ4n) is 2.98. The van der Waals surface area contributed by atoms with Gasteiger partial charge in [-0.3, -0.25) is 0 Å². The van der Waals surface area contributed by atoms with E-state index in [9.17, 15) is 4.79 Å². The Bertz CT molecular complexity index is 721. The molecule has 1 fully saturated rings. The quantitative estimate of drug-likeness (QED) is 0.166. The number of ether oxygens (including phenoxy) is 5. The molecule has 0 radical (unpaired) electrons. The molecule has 14 heteroatoms. The highest BCUT2D eigenvalue weighted by molar-refractivity contribution is 6.99. The van der Waals surface area contributed by atoms with E-state index in [0.29, 0.717) is 44.4 Å². The van der Waals surface area contributed by atoms with Crippen LogP contribution >= 0.6 is 11.7 Å². The van der Waals surface area contributed by atoms with Gasteiger partial charge in [0.2, 0.25) is 5.82 Å². The Morgan fingerprint density at radius 2 is 1.85 bits per heavy atom. The van der Waals surface area contributed by atoms with Gasteiger partial charge in [0, 0.05) is 19.1 Å². The Kier molecular flexibility index (Phi) is 12.1. The predicted molar refractivity (Wildman–Crippen MR) is 126 cm³/mol. The third-order valence-corrected chi connectivity index (χ3v) is 6.22. The summed E-state index contributed by atoms with van der Waals surface area (Å²) in [7, 11) is -4.09. The Morgan fingerprint density at radius 1 is 1.15 bits per heavy atom. The number of nitrogens with zero attached hydrogens (tertiary/aromatic N) is 3. The van der Waals surface area contributed by atoms with Crippen LogP contribution in [0.5, 0.6) is 5.88 Å². The summed E-state index contributed by atoms with van der Waals surface area (Å²) in [6.07, 6.45) is 0.986. The second kappa shape index (κ2) is 14.2. The standard InChI is InChI=1S/C20H37N3O9SSi/c1-20(2,3)5-4-16(32-17(24)15-30-11-10-29-12-13-34(25,26)27)14-31-19-18(21-33-22-19)23-6-8-28-9-7-23/h16,25-27H,4-15H2,1-3H3/t16-/m0/s1. The largest absolute Gasteiger partial charge is 0.495 e. The van der Waals surface area contributed by atoms with Crippen LogP contribution < -0.4 is 9.64 Å². The van der Waals surface area contributed by atoms with Crippen LogP contribution in [0.4, 0.5) is 5.82 Å². The molecular weight excluding hydrogens is 486 g/mol. The first-order valence-electron chi connectivity index (χ1n) is 11.3. The molecule has 34 heavy (non-hydrogen) atoms. The van der Waals surface area contributed by atoms with Crippen molar-refractivity contribution in [2.75, 3.05) is 64.2 Å². The minimum atomic E-state index is -4.09. The van der Waals surface area contributed by atoms with Gasteiger partial charge >= 0.3 is 14.8 Å². The maximum absolute atomic E-state index is 12.3. The minimum Gasteiger partial charge on any atom is -0.470 e. The Morgan fingerprint density at radius 3 is 2.53 bits per heavy atom. The highest BCUT2D eigenvalue weighted by atomic mass is 32.1. The zero-order valence-electron chi connectivity index (χ0n) is 20.1. The van der Waals surface area contributed by atoms with E-state index in [2.05, 4.69) is 34.4 Å². The monoisotopic (exact) mass is 523 g/mol. The van der Waals surface area contributed by atoms with E-state index in [1.807, 2.05) is 0 Å². The third kappa shape index (κ3) is 12.4. The molecule has 0 aromatic carbocycles. The van der Waals surface area contributed by atoms with Gasteiger partial charge in [0.05, 0.1) is 44.8 Å². The van der Waals surface area contributed by atoms with Crippen molar-refractivity contribution in [3.63, 3.8) is 0 Å². The van der Waals surface area contributed by atoms with Crippen LogP contribution in [0.1, 0.15) is 33.6 Å². The fourth-order valence-corrected chi connectivity index (χ4v) is 3.92. The predicted octanol–water partition coefficient (Wildman–Crippen LogP) is 0.441. The molecule has 1 saturated heterocycles. The molecule has 0 unspecified atom stereocenters. The molecule has 0 spiro atoms. The van der Waals surface area contributed by atoms with Gasteiger partial charge in [-0.25, -0.2) is 4.79 Å². The molecule has 1 aliphatic heterocycles. The summed E-state index contributed by atoms with van der Waals surface area (Å²) in [6, 6.07) is -0.216. The number of carbonyl (C=O) groups excluding carboxylic acids is 1. The molecule has 1 atom stereocenters. The molecule has 1 aliphatic rings. The van der Waals surface area contributed by atoms with Crippen molar-refractivity contribution in [3.8, 4) is 5.88 Å². The number of aromatic nitrogens is 2. The van der Waals surface area contributed by atoms with E-state index in [-0.39, 0.29) is 44.5 Å². The van der Waals surface area contributed by atoms with E-state index in [4.69, 9.17) is 38.1 Å². The minimum absolute atomic E-state index is 0.00629. The van der Waals surface area contributed by atoms with E-state index < -0.39 is 20.9 Å². The van der Waals surface area contributed by atoms with Gasteiger partial charge in [-0.05, 0) is 18.3 Å². The number of anilines is 1. The van der Waals surface area contributed by atoms with Gasteiger partial charge in [-0.15, -0.1) is 4.37 Å². The highest BCUT2D eigenvalue weighted by Crippen LogP contribution is 2.27. The number of morpholine rings is 1. The summed E-state index contributed by atoms with van der Waals surface area (Å²) in [5, 5.41) is 0. The van der Waals surface area contributed by atoms with Gasteiger partial charge in [0.1, 0.15) is 19.3 Å². The Balaban J connectivity index is 1.77. The van der Waals surface area contributed by atoms with Crippen LogP contribution in [0.3, 0.4) is 0 Å². The Labute approximate surface area is 205 Å². The molecule has 0 amide bonds. The van der Waals surface area contributed by atoms with Gasteiger partial charge in [-0.1, -0.05) is 20.8 Å². The van der Waals surface area contributed by atoms with Crippen LogP contribution in [0.15, 0.2) is 0 Å². The number of esters is 1. The molecule has 0 saturated carbocycles. The molecule has 1 aromatic heterocycles. The zero-order chi connectivity index (χ0) is 25.0. The number of hydrogen-bond donors (Lipinski definition) is 3. The molecule has 3 N–H and O–H groups in total. The maximum Gasteiger partial charge on any atom is 0.495 e. The van der Waals surface area contributed by atoms with Crippen molar-refractivity contribution in [3.05, 3.63) is 0 Å². The summed E-state index contributed by atoms with van der Waals surface area (Å²) in [5.41, 5.74) is 0.0673. The van der Waals surface area contributed by atoms with Crippen LogP contribution in [0.2, 0.25) is 6.04 Å².